The zero-order valence-corrected chi connectivity index (χ0v) is 28.9. The first-order chi connectivity index (χ1) is 25.1. The molecule has 0 radical (unpaired) electrons. The van der Waals surface area contributed by atoms with Crippen molar-refractivity contribution in [2.75, 3.05) is 9.80 Å². The summed E-state index contributed by atoms with van der Waals surface area (Å²) in [7, 11) is 0. The number of para-hydroxylation sites is 2. The van der Waals surface area contributed by atoms with E-state index in [0.29, 0.717) is 0 Å². The molecule has 8 aromatic rings. The van der Waals surface area contributed by atoms with Gasteiger partial charge in [-0.05, 0) is 75.7 Å². The summed E-state index contributed by atoms with van der Waals surface area (Å²) in [6, 6.07) is 70.4. The van der Waals surface area contributed by atoms with Crippen molar-refractivity contribution in [3.05, 3.63) is 205 Å². The lowest BCUT2D eigenvalue weighted by atomic mass is 9.73. The highest BCUT2D eigenvalue weighted by Crippen LogP contribution is 2.56. The fourth-order valence-corrected chi connectivity index (χ4v) is 7.89. The Balaban J connectivity index is 1.30. The van der Waals surface area contributed by atoms with Gasteiger partial charge in [0.25, 0.3) is 0 Å². The predicted molar refractivity (Wildman–Crippen MR) is 216 cm³/mol. The van der Waals surface area contributed by atoms with Crippen LogP contribution in [0.3, 0.4) is 0 Å². The van der Waals surface area contributed by atoms with E-state index < -0.39 is 0 Å². The molecule has 2 nitrogen and oxygen atoms in total. The summed E-state index contributed by atoms with van der Waals surface area (Å²) in [6.45, 7) is 4.72. The summed E-state index contributed by atoms with van der Waals surface area (Å²) in [6.07, 6.45) is 0. The second-order valence-electron chi connectivity index (χ2n) is 13.8. The smallest absolute Gasteiger partial charge is 0.0618 e. The average molecular weight is 655 g/mol. The molecule has 0 saturated carbocycles. The van der Waals surface area contributed by atoms with Crippen LogP contribution in [0.2, 0.25) is 0 Å². The zero-order chi connectivity index (χ0) is 34.4. The first-order valence-corrected chi connectivity index (χ1v) is 17.7. The van der Waals surface area contributed by atoms with E-state index in [9.17, 15) is 0 Å². The van der Waals surface area contributed by atoms with Gasteiger partial charge >= 0.3 is 0 Å². The van der Waals surface area contributed by atoms with E-state index in [-0.39, 0.29) is 5.41 Å². The molecule has 0 N–H and O–H groups in total. The van der Waals surface area contributed by atoms with Gasteiger partial charge in [0.05, 0.1) is 17.1 Å². The Morgan fingerprint density at radius 2 is 0.961 bits per heavy atom. The van der Waals surface area contributed by atoms with Crippen molar-refractivity contribution < 1.29 is 0 Å². The molecular weight excluding hydrogens is 617 g/mol. The maximum absolute atomic E-state index is 2.53. The minimum absolute atomic E-state index is 0.215. The van der Waals surface area contributed by atoms with Crippen molar-refractivity contribution in [3.63, 3.8) is 0 Å². The van der Waals surface area contributed by atoms with Crippen LogP contribution in [0, 0.1) is 0 Å². The van der Waals surface area contributed by atoms with Gasteiger partial charge in [0.15, 0.2) is 0 Å². The standard InChI is InChI=1S/C49H38N2/c1-49(2)44-24-14-15-25-46(44)51(48-42-23-13-12-20-38(42)28-32-43(48)37-18-8-4-9-19-37)47-34-41(31-33-45(47)49)50(39-21-10-5-11-22-39)40-29-26-36(27-30-40)35-16-6-3-7-17-35/h3-34H,1-2H3. The fraction of sp³-hybridized carbons (Fsp3) is 0.0612. The first kappa shape index (κ1) is 30.7. The third-order valence-corrected chi connectivity index (χ3v) is 10.4. The molecule has 0 atom stereocenters. The lowest BCUT2D eigenvalue weighted by molar-refractivity contribution is 0.632. The molecule has 0 saturated heterocycles. The number of hydrogen-bond donors (Lipinski definition) is 0. The number of fused-ring (bicyclic) bond motifs is 3. The highest BCUT2D eigenvalue weighted by molar-refractivity contribution is 6.07. The number of rotatable bonds is 6. The maximum atomic E-state index is 2.53. The van der Waals surface area contributed by atoms with Gasteiger partial charge in [0.2, 0.25) is 0 Å². The molecule has 51 heavy (non-hydrogen) atoms. The van der Waals surface area contributed by atoms with Gasteiger partial charge in [-0.2, -0.15) is 0 Å². The van der Waals surface area contributed by atoms with Crippen LogP contribution in [-0.4, -0.2) is 0 Å². The van der Waals surface area contributed by atoms with Gasteiger partial charge in [-0.25, -0.2) is 0 Å². The molecule has 0 bridgehead atoms. The number of nitrogens with zero attached hydrogens (tertiary/aromatic N) is 2. The van der Waals surface area contributed by atoms with Crippen LogP contribution < -0.4 is 9.80 Å². The zero-order valence-electron chi connectivity index (χ0n) is 28.9. The van der Waals surface area contributed by atoms with E-state index in [2.05, 4.69) is 218 Å². The predicted octanol–water partition coefficient (Wildman–Crippen LogP) is 13.8. The van der Waals surface area contributed by atoms with E-state index in [0.717, 1.165) is 17.1 Å². The highest BCUT2D eigenvalue weighted by Gasteiger charge is 2.38. The molecule has 8 aromatic carbocycles. The topological polar surface area (TPSA) is 6.48 Å². The average Bonchev–Trinajstić information content (AvgIpc) is 3.19. The van der Waals surface area contributed by atoms with Crippen LogP contribution >= 0.6 is 0 Å². The Morgan fingerprint density at radius 3 is 1.71 bits per heavy atom. The molecule has 1 aliphatic heterocycles. The van der Waals surface area contributed by atoms with Crippen molar-refractivity contribution in [1.29, 1.82) is 0 Å². The first-order valence-electron chi connectivity index (χ1n) is 17.7. The van der Waals surface area contributed by atoms with Gasteiger partial charge in [0.1, 0.15) is 0 Å². The Hall–Kier alpha value is -6.38. The summed E-state index contributed by atoms with van der Waals surface area (Å²) in [5.41, 5.74) is 14.1. The number of anilines is 6. The van der Waals surface area contributed by atoms with Crippen LogP contribution in [0.25, 0.3) is 33.0 Å². The quantitative estimate of drug-likeness (QED) is 0.176. The fourth-order valence-electron chi connectivity index (χ4n) is 7.89. The third-order valence-electron chi connectivity index (χ3n) is 10.4. The van der Waals surface area contributed by atoms with Crippen LogP contribution in [0.5, 0.6) is 0 Å². The highest BCUT2D eigenvalue weighted by atomic mass is 15.2. The molecule has 9 rings (SSSR count). The minimum atomic E-state index is -0.215. The Bertz CT molecular complexity index is 2480. The summed E-state index contributed by atoms with van der Waals surface area (Å²) in [4.78, 5) is 4.91. The van der Waals surface area contributed by atoms with Crippen molar-refractivity contribution in [2.45, 2.75) is 19.3 Å². The van der Waals surface area contributed by atoms with E-state index in [1.54, 1.807) is 0 Å². The molecule has 244 valence electrons. The third kappa shape index (κ3) is 5.28. The van der Waals surface area contributed by atoms with Crippen molar-refractivity contribution in [1.82, 2.24) is 0 Å². The van der Waals surface area contributed by atoms with Gasteiger partial charge in [-0.3, -0.25) is 0 Å². The molecule has 0 unspecified atom stereocenters. The minimum Gasteiger partial charge on any atom is -0.310 e. The summed E-state index contributed by atoms with van der Waals surface area (Å²) in [5.74, 6) is 0. The van der Waals surface area contributed by atoms with E-state index in [4.69, 9.17) is 0 Å². The molecule has 1 aliphatic rings. The second kappa shape index (κ2) is 12.5. The van der Waals surface area contributed by atoms with Crippen molar-refractivity contribution in [3.8, 4) is 22.3 Å². The summed E-state index contributed by atoms with van der Waals surface area (Å²) in [5, 5.41) is 2.44. The van der Waals surface area contributed by atoms with Gasteiger partial charge < -0.3 is 9.80 Å². The summed E-state index contributed by atoms with van der Waals surface area (Å²) >= 11 is 0. The molecule has 0 aliphatic carbocycles. The Morgan fingerprint density at radius 1 is 0.412 bits per heavy atom. The Labute approximate surface area is 300 Å². The SMILES string of the molecule is CC1(C)c2ccccc2N(c2c(-c3ccccc3)ccc3ccccc23)c2cc(N(c3ccccc3)c3ccc(-c4ccccc4)cc3)ccc21. The number of hydrogen-bond acceptors (Lipinski definition) is 2. The normalized spacial score (nSPS) is 13.0. The Kier molecular flexibility index (Phi) is 7.51. The van der Waals surface area contributed by atoms with E-state index >= 15 is 0 Å². The molecule has 0 aromatic heterocycles. The lowest BCUT2D eigenvalue weighted by Gasteiger charge is -2.43. The number of benzene rings is 8. The lowest BCUT2D eigenvalue weighted by Crippen LogP contribution is -2.31. The molecule has 2 heteroatoms. The van der Waals surface area contributed by atoms with Gasteiger partial charge in [0, 0.05) is 33.4 Å². The molecule has 0 amide bonds. The molecule has 0 spiro atoms. The largest absolute Gasteiger partial charge is 0.310 e. The summed E-state index contributed by atoms with van der Waals surface area (Å²) < 4.78 is 0. The maximum Gasteiger partial charge on any atom is 0.0618 e. The second-order valence-corrected chi connectivity index (χ2v) is 13.8. The van der Waals surface area contributed by atoms with E-state index in [1.807, 2.05) is 0 Å². The van der Waals surface area contributed by atoms with E-state index in [1.165, 1.54) is 61.2 Å². The van der Waals surface area contributed by atoms with Gasteiger partial charge in [-0.15, -0.1) is 0 Å². The van der Waals surface area contributed by atoms with Crippen LogP contribution in [0.1, 0.15) is 25.0 Å². The monoisotopic (exact) mass is 654 g/mol. The molecule has 0 fully saturated rings. The van der Waals surface area contributed by atoms with Crippen molar-refractivity contribution >= 4 is 44.9 Å². The van der Waals surface area contributed by atoms with Crippen molar-refractivity contribution in [2.24, 2.45) is 0 Å². The molecular formula is C49H38N2. The molecule has 1 heterocycles. The van der Waals surface area contributed by atoms with Crippen LogP contribution in [0.15, 0.2) is 194 Å². The van der Waals surface area contributed by atoms with Crippen LogP contribution in [0.4, 0.5) is 34.1 Å². The van der Waals surface area contributed by atoms with Gasteiger partial charge in [-0.1, -0.05) is 166 Å². The van der Waals surface area contributed by atoms with Crippen LogP contribution in [-0.2, 0) is 5.41 Å².